The normalized spacial score (nSPS) is 22.7. The van der Waals surface area contributed by atoms with Crippen molar-refractivity contribution in [3.05, 3.63) is 52.6 Å². The summed E-state index contributed by atoms with van der Waals surface area (Å²) in [5.41, 5.74) is 6.49. The van der Waals surface area contributed by atoms with Gasteiger partial charge in [-0.15, -0.1) is 0 Å². The lowest BCUT2D eigenvalue weighted by molar-refractivity contribution is -0.126. The van der Waals surface area contributed by atoms with Crippen molar-refractivity contribution in [2.24, 2.45) is 5.73 Å². The van der Waals surface area contributed by atoms with Crippen LogP contribution in [0.3, 0.4) is 0 Å². The number of carbonyl (C=O) groups excluding carboxylic acids is 4. The molecule has 3 rings (SSSR count). The fourth-order valence-corrected chi connectivity index (χ4v) is 4.09. The Kier molecular flexibility index (Phi) is 8.99. The number of hydrogen-bond donors (Lipinski definition) is 4. The Hall–Kier alpha value is -3.25. The van der Waals surface area contributed by atoms with Crippen molar-refractivity contribution < 1.29 is 28.7 Å². The number of amides is 3. The summed E-state index contributed by atoms with van der Waals surface area (Å²) in [5, 5.41) is 8.27. The van der Waals surface area contributed by atoms with E-state index < -0.39 is 30.1 Å². The quantitative estimate of drug-likeness (QED) is 0.300. The molecular formula is C23H28ClN5O6. The van der Waals surface area contributed by atoms with E-state index in [1.165, 1.54) is 26.4 Å². The Balaban J connectivity index is 1.54. The monoisotopic (exact) mass is 505 g/mol. The minimum Gasteiger partial charge on any atom is -0.465 e. The van der Waals surface area contributed by atoms with Crippen molar-refractivity contribution in [3.8, 4) is 0 Å². The molecule has 0 bridgehead atoms. The molecule has 12 heteroatoms. The predicted octanol–water partition coefficient (Wildman–Crippen LogP) is 0.0809. The second kappa shape index (κ2) is 11.9. The van der Waals surface area contributed by atoms with Gasteiger partial charge < -0.3 is 31.2 Å². The zero-order chi connectivity index (χ0) is 25.5. The minimum atomic E-state index is -0.788. The summed E-state index contributed by atoms with van der Waals surface area (Å²) in [7, 11) is 2.82. The summed E-state index contributed by atoms with van der Waals surface area (Å²) in [6, 6.07) is 6.01. The van der Waals surface area contributed by atoms with Crippen molar-refractivity contribution in [1.82, 2.24) is 15.5 Å². The lowest BCUT2D eigenvalue weighted by Crippen LogP contribution is -2.56. The van der Waals surface area contributed by atoms with Gasteiger partial charge in [0.05, 0.1) is 37.5 Å². The van der Waals surface area contributed by atoms with E-state index in [9.17, 15) is 19.2 Å². The van der Waals surface area contributed by atoms with E-state index in [0.717, 1.165) is 0 Å². The molecule has 35 heavy (non-hydrogen) atoms. The number of hydrogen-bond acceptors (Lipinski definition) is 8. The first-order chi connectivity index (χ1) is 16.7. The van der Waals surface area contributed by atoms with Gasteiger partial charge in [-0.25, -0.2) is 4.79 Å². The molecule has 188 valence electrons. The largest absolute Gasteiger partial charge is 0.465 e. The summed E-state index contributed by atoms with van der Waals surface area (Å²) in [4.78, 5) is 51.0. The van der Waals surface area contributed by atoms with Gasteiger partial charge in [-0.2, -0.15) is 0 Å². The molecule has 1 fully saturated rings. The molecule has 1 saturated heterocycles. The first-order valence-corrected chi connectivity index (χ1v) is 11.3. The molecule has 5 N–H and O–H groups in total. The van der Waals surface area contributed by atoms with E-state index >= 15 is 0 Å². The van der Waals surface area contributed by atoms with E-state index in [-0.39, 0.29) is 29.1 Å². The molecule has 1 aromatic carbocycles. The highest BCUT2D eigenvalue weighted by Crippen LogP contribution is 2.17. The summed E-state index contributed by atoms with van der Waals surface area (Å²) >= 11 is 6.02. The lowest BCUT2D eigenvalue weighted by atomic mass is 10.0. The van der Waals surface area contributed by atoms with Crippen LogP contribution in [0.2, 0.25) is 0 Å². The standard InChI is InChI=1S/C23H28ClN5O6/c1-34-18-11-29(12-20(30)26-15-5-3-13(4-6-15)23(33)35-2)8-7-17(18)27-21(31)16-9-14(24)10-19(25)28-22(16)32/h3-6,9-10,17-19H,7-8,11-12,25H2,1-2H3,(H,26,30)(H,27,31)(H,28,32)/t17-,18+,19?/m1/s1. The number of rotatable bonds is 7. The molecule has 0 saturated carbocycles. The lowest BCUT2D eigenvalue weighted by Gasteiger charge is -2.37. The van der Waals surface area contributed by atoms with Crippen molar-refractivity contribution in [2.75, 3.05) is 39.2 Å². The SMILES string of the molecule is COC(=O)c1ccc(NC(=O)CN2CC[C@@H](NC(=O)C3=CC(Cl)=CC(N)NC3=O)[C@@H](OC)C2)cc1. The maximum Gasteiger partial charge on any atom is 0.337 e. The highest BCUT2D eigenvalue weighted by molar-refractivity contribution is 6.33. The summed E-state index contributed by atoms with van der Waals surface area (Å²) in [6.45, 7) is 1.04. The maximum atomic E-state index is 12.8. The Morgan fingerprint density at radius 3 is 2.60 bits per heavy atom. The summed E-state index contributed by atoms with van der Waals surface area (Å²) in [5.74, 6) is -1.89. The predicted molar refractivity (Wildman–Crippen MR) is 128 cm³/mol. The van der Waals surface area contributed by atoms with Gasteiger partial charge in [0.25, 0.3) is 11.8 Å². The number of benzene rings is 1. The molecule has 2 aliphatic heterocycles. The number of anilines is 1. The van der Waals surface area contributed by atoms with Gasteiger partial charge in [-0.1, -0.05) is 11.6 Å². The molecule has 0 radical (unpaired) electrons. The van der Waals surface area contributed by atoms with Crippen molar-refractivity contribution >= 4 is 41.0 Å². The van der Waals surface area contributed by atoms with Gasteiger partial charge in [0.15, 0.2) is 0 Å². The first kappa shape index (κ1) is 26.4. The van der Waals surface area contributed by atoms with Crippen LogP contribution in [0.25, 0.3) is 0 Å². The zero-order valence-electron chi connectivity index (χ0n) is 19.4. The van der Waals surface area contributed by atoms with Crippen LogP contribution in [0.1, 0.15) is 16.8 Å². The van der Waals surface area contributed by atoms with Crippen molar-refractivity contribution in [3.63, 3.8) is 0 Å². The van der Waals surface area contributed by atoms with Crippen LogP contribution >= 0.6 is 11.6 Å². The number of likely N-dealkylation sites (tertiary alicyclic amines) is 1. The average Bonchev–Trinajstić information content (AvgIpc) is 2.95. The van der Waals surface area contributed by atoms with Gasteiger partial charge in [0.2, 0.25) is 5.91 Å². The molecule has 3 atom stereocenters. The van der Waals surface area contributed by atoms with E-state index in [2.05, 4.69) is 20.7 Å². The topological polar surface area (TPSA) is 152 Å². The van der Waals surface area contributed by atoms with Crippen molar-refractivity contribution in [2.45, 2.75) is 24.7 Å². The second-order valence-corrected chi connectivity index (χ2v) is 8.54. The van der Waals surface area contributed by atoms with Crippen LogP contribution in [-0.2, 0) is 23.9 Å². The number of allylic oxidation sites excluding steroid dienone is 2. The second-order valence-electron chi connectivity index (χ2n) is 8.10. The van der Waals surface area contributed by atoms with Gasteiger partial charge in [0.1, 0.15) is 5.57 Å². The van der Waals surface area contributed by atoms with Gasteiger partial charge in [-0.3, -0.25) is 19.3 Å². The van der Waals surface area contributed by atoms with Gasteiger partial charge in [0, 0.05) is 30.9 Å². The van der Waals surface area contributed by atoms with E-state index in [1.54, 1.807) is 24.3 Å². The van der Waals surface area contributed by atoms with Crippen LogP contribution in [0.5, 0.6) is 0 Å². The maximum absolute atomic E-state index is 12.8. The van der Waals surface area contributed by atoms with E-state index in [1.807, 2.05) is 4.90 Å². The molecule has 2 heterocycles. The molecule has 3 amide bonds. The fraction of sp³-hybridized carbons (Fsp3) is 0.391. The summed E-state index contributed by atoms with van der Waals surface area (Å²) in [6.07, 6.45) is 2.02. The van der Waals surface area contributed by atoms with Crippen LogP contribution in [0.4, 0.5) is 5.69 Å². The number of nitrogens with one attached hydrogen (secondary N) is 3. The molecule has 0 aliphatic carbocycles. The van der Waals surface area contributed by atoms with Crippen LogP contribution in [-0.4, -0.2) is 80.8 Å². The molecule has 1 aromatic rings. The first-order valence-electron chi connectivity index (χ1n) is 10.9. The number of carbonyl (C=O) groups is 4. The van der Waals surface area contributed by atoms with Crippen molar-refractivity contribution in [1.29, 1.82) is 0 Å². The van der Waals surface area contributed by atoms with E-state index in [0.29, 0.717) is 30.8 Å². The zero-order valence-corrected chi connectivity index (χ0v) is 20.1. The van der Waals surface area contributed by atoms with Crippen LogP contribution in [0, 0.1) is 0 Å². The number of halogens is 1. The Labute approximate surface area is 207 Å². The smallest absolute Gasteiger partial charge is 0.337 e. The Morgan fingerprint density at radius 2 is 1.94 bits per heavy atom. The van der Waals surface area contributed by atoms with Crippen LogP contribution in [0.15, 0.2) is 47.0 Å². The highest BCUT2D eigenvalue weighted by atomic mass is 35.5. The highest BCUT2D eigenvalue weighted by Gasteiger charge is 2.33. The van der Waals surface area contributed by atoms with Crippen LogP contribution < -0.4 is 21.7 Å². The minimum absolute atomic E-state index is 0.116. The number of methoxy groups -OCH3 is 2. The number of nitrogens with two attached hydrogens (primary N) is 1. The molecule has 11 nitrogen and oxygen atoms in total. The number of ether oxygens (including phenoxy) is 2. The van der Waals surface area contributed by atoms with Gasteiger partial charge in [-0.05, 0) is 42.8 Å². The number of nitrogens with zero attached hydrogens (tertiary/aromatic N) is 1. The molecule has 2 aliphatic rings. The Morgan fingerprint density at radius 1 is 1.23 bits per heavy atom. The molecule has 0 aromatic heterocycles. The summed E-state index contributed by atoms with van der Waals surface area (Å²) < 4.78 is 10.2. The molecule has 1 unspecified atom stereocenters. The fourth-order valence-electron chi connectivity index (χ4n) is 3.85. The molecule has 0 spiro atoms. The third kappa shape index (κ3) is 7.12. The number of esters is 1. The third-order valence-corrected chi connectivity index (χ3v) is 5.86. The van der Waals surface area contributed by atoms with E-state index in [4.69, 9.17) is 22.1 Å². The molecular weight excluding hydrogens is 478 g/mol. The average molecular weight is 506 g/mol. The number of piperidine rings is 1. The Bertz CT molecular complexity index is 1040. The van der Waals surface area contributed by atoms with Gasteiger partial charge >= 0.3 is 5.97 Å². The third-order valence-electron chi connectivity index (χ3n) is 5.63.